The Kier molecular flexibility index (Phi) is 2.20. The number of nitrogens with zero attached hydrogens (tertiary/aromatic N) is 3. The molecule has 0 aromatic carbocycles. The highest BCUT2D eigenvalue weighted by molar-refractivity contribution is 5.83. The van der Waals surface area contributed by atoms with E-state index in [-0.39, 0.29) is 5.41 Å². The number of nitriles is 1. The van der Waals surface area contributed by atoms with Gasteiger partial charge in [-0.25, -0.2) is 9.97 Å². The summed E-state index contributed by atoms with van der Waals surface area (Å²) in [6.45, 7) is 8.03. The number of aryl methyl sites for hydroxylation is 1. The number of fused-ring (bicyclic) bond motifs is 1. The Hall–Kier alpha value is -1.89. The minimum atomic E-state index is -0.0976. The van der Waals surface area contributed by atoms with Crippen LogP contribution in [0.15, 0.2) is 6.20 Å². The van der Waals surface area contributed by atoms with Crippen LogP contribution in [0.3, 0.4) is 0 Å². The molecule has 2 rings (SSSR count). The molecule has 1 N–H and O–H groups in total. The lowest BCUT2D eigenvalue weighted by molar-refractivity contribution is 0.572. The first-order valence-electron chi connectivity index (χ1n) is 5.19. The Morgan fingerprint density at radius 2 is 2.06 bits per heavy atom. The maximum atomic E-state index is 9.23. The number of hydrogen-bond acceptors (Lipinski definition) is 3. The van der Waals surface area contributed by atoms with Crippen molar-refractivity contribution in [2.45, 2.75) is 33.1 Å². The zero-order valence-electron chi connectivity index (χ0n) is 9.92. The van der Waals surface area contributed by atoms with E-state index in [4.69, 9.17) is 0 Å². The highest BCUT2D eigenvalue weighted by atomic mass is 14.9. The standard InChI is InChI=1S/C12H14N4/c1-7-14-6-9-10(15-7)8(5-13)11(16-9)12(2,3)4/h6,16H,1-4H3. The summed E-state index contributed by atoms with van der Waals surface area (Å²) < 4.78 is 0. The van der Waals surface area contributed by atoms with Crippen molar-refractivity contribution in [2.24, 2.45) is 0 Å². The van der Waals surface area contributed by atoms with Gasteiger partial charge in [-0.1, -0.05) is 20.8 Å². The van der Waals surface area contributed by atoms with Crippen LogP contribution in [0.1, 0.15) is 37.9 Å². The number of aromatic amines is 1. The Bertz CT molecular complexity index is 581. The maximum Gasteiger partial charge on any atom is 0.126 e. The van der Waals surface area contributed by atoms with Crippen molar-refractivity contribution >= 4 is 11.0 Å². The second-order valence-corrected chi connectivity index (χ2v) is 4.92. The summed E-state index contributed by atoms with van der Waals surface area (Å²) in [7, 11) is 0. The fourth-order valence-electron chi connectivity index (χ4n) is 1.74. The second kappa shape index (κ2) is 3.31. The van der Waals surface area contributed by atoms with Gasteiger partial charge in [0.1, 0.15) is 17.4 Å². The number of aromatic nitrogens is 3. The first kappa shape index (κ1) is 10.6. The van der Waals surface area contributed by atoms with Gasteiger partial charge < -0.3 is 4.98 Å². The molecule has 2 aromatic heterocycles. The summed E-state index contributed by atoms with van der Waals surface area (Å²) in [6.07, 6.45) is 1.73. The lowest BCUT2D eigenvalue weighted by Gasteiger charge is -2.16. The molecule has 0 unspecified atom stereocenters. The molecule has 0 aliphatic heterocycles. The van der Waals surface area contributed by atoms with Crippen LogP contribution in [0, 0.1) is 18.3 Å². The van der Waals surface area contributed by atoms with Crippen LogP contribution in [0.5, 0.6) is 0 Å². The normalized spacial score (nSPS) is 11.7. The first-order valence-corrected chi connectivity index (χ1v) is 5.19. The third-order valence-corrected chi connectivity index (χ3v) is 2.52. The molecule has 4 heteroatoms. The Morgan fingerprint density at radius 3 is 2.62 bits per heavy atom. The summed E-state index contributed by atoms with van der Waals surface area (Å²) in [5.41, 5.74) is 3.00. The van der Waals surface area contributed by atoms with E-state index in [1.54, 1.807) is 6.20 Å². The van der Waals surface area contributed by atoms with Gasteiger partial charge in [0, 0.05) is 11.1 Å². The van der Waals surface area contributed by atoms with Gasteiger partial charge in [-0.2, -0.15) is 5.26 Å². The van der Waals surface area contributed by atoms with Crippen LogP contribution in [0.25, 0.3) is 11.0 Å². The van der Waals surface area contributed by atoms with Gasteiger partial charge in [0.25, 0.3) is 0 Å². The average Bonchev–Trinajstić information content (AvgIpc) is 2.54. The summed E-state index contributed by atoms with van der Waals surface area (Å²) >= 11 is 0. The average molecular weight is 214 g/mol. The molecule has 2 heterocycles. The van der Waals surface area contributed by atoms with Crippen LogP contribution in [-0.4, -0.2) is 15.0 Å². The molecule has 4 nitrogen and oxygen atoms in total. The zero-order valence-corrected chi connectivity index (χ0v) is 9.92. The molecule has 2 aromatic rings. The van der Waals surface area contributed by atoms with Crippen LogP contribution < -0.4 is 0 Å². The van der Waals surface area contributed by atoms with Crippen LogP contribution >= 0.6 is 0 Å². The van der Waals surface area contributed by atoms with E-state index in [0.717, 1.165) is 16.7 Å². The van der Waals surface area contributed by atoms with Crippen molar-refractivity contribution in [3.63, 3.8) is 0 Å². The van der Waals surface area contributed by atoms with Gasteiger partial charge >= 0.3 is 0 Å². The molecule has 0 radical (unpaired) electrons. The monoisotopic (exact) mass is 214 g/mol. The van der Waals surface area contributed by atoms with Crippen molar-refractivity contribution < 1.29 is 0 Å². The molecular weight excluding hydrogens is 200 g/mol. The number of H-pyrrole nitrogens is 1. The van der Waals surface area contributed by atoms with Gasteiger partial charge in [0.2, 0.25) is 0 Å². The molecule has 0 amide bonds. The molecule has 0 aliphatic carbocycles. The number of rotatable bonds is 0. The largest absolute Gasteiger partial charge is 0.354 e. The lowest BCUT2D eigenvalue weighted by Crippen LogP contribution is -2.13. The molecule has 82 valence electrons. The summed E-state index contributed by atoms with van der Waals surface area (Å²) in [4.78, 5) is 11.7. The molecule has 0 aliphatic rings. The lowest BCUT2D eigenvalue weighted by atomic mass is 9.90. The van der Waals surface area contributed by atoms with Crippen molar-refractivity contribution in [2.75, 3.05) is 0 Å². The van der Waals surface area contributed by atoms with Crippen molar-refractivity contribution in [3.8, 4) is 6.07 Å². The topological polar surface area (TPSA) is 65.4 Å². The predicted octanol–water partition coefficient (Wildman–Crippen LogP) is 2.44. The Labute approximate surface area is 94.3 Å². The second-order valence-electron chi connectivity index (χ2n) is 4.92. The molecule has 0 saturated carbocycles. The molecule has 16 heavy (non-hydrogen) atoms. The molecular formula is C12H14N4. The Morgan fingerprint density at radius 1 is 1.38 bits per heavy atom. The minimum absolute atomic E-state index is 0.0976. The number of nitrogens with one attached hydrogen (secondary N) is 1. The molecule has 0 fully saturated rings. The van der Waals surface area contributed by atoms with Gasteiger partial charge in [-0.05, 0) is 6.92 Å². The van der Waals surface area contributed by atoms with E-state index in [1.807, 2.05) is 6.92 Å². The predicted molar refractivity (Wildman–Crippen MR) is 62.0 cm³/mol. The van der Waals surface area contributed by atoms with Crippen LogP contribution in [-0.2, 0) is 5.41 Å². The van der Waals surface area contributed by atoms with Gasteiger partial charge in [-0.3, -0.25) is 0 Å². The fourth-order valence-corrected chi connectivity index (χ4v) is 1.74. The third kappa shape index (κ3) is 1.54. The third-order valence-electron chi connectivity index (χ3n) is 2.52. The molecule has 0 spiro atoms. The smallest absolute Gasteiger partial charge is 0.126 e. The summed E-state index contributed by atoms with van der Waals surface area (Å²) in [5, 5.41) is 9.23. The van der Waals surface area contributed by atoms with E-state index in [1.165, 1.54) is 0 Å². The zero-order chi connectivity index (χ0) is 11.9. The fraction of sp³-hybridized carbons (Fsp3) is 0.417. The van der Waals surface area contributed by atoms with Crippen LogP contribution in [0.2, 0.25) is 0 Å². The molecule has 0 bridgehead atoms. The summed E-state index contributed by atoms with van der Waals surface area (Å²) in [5.74, 6) is 0.684. The van der Waals surface area contributed by atoms with E-state index < -0.39 is 0 Å². The molecule has 0 saturated heterocycles. The summed E-state index contributed by atoms with van der Waals surface area (Å²) in [6, 6.07) is 2.23. The highest BCUT2D eigenvalue weighted by Gasteiger charge is 2.23. The van der Waals surface area contributed by atoms with Gasteiger partial charge in [-0.15, -0.1) is 0 Å². The van der Waals surface area contributed by atoms with E-state index in [2.05, 4.69) is 41.8 Å². The van der Waals surface area contributed by atoms with Crippen molar-refractivity contribution in [1.82, 2.24) is 15.0 Å². The first-order chi connectivity index (χ1) is 7.43. The van der Waals surface area contributed by atoms with Gasteiger partial charge in [0.05, 0.1) is 17.3 Å². The van der Waals surface area contributed by atoms with Crippen LogP contribution in [0.4, 0.5) is 0 Å². The Balaban J connectivity index is 2.84. The van der Waals surface area contributed by atoms with Crippen molar-refractivity contribution in [1.29, 1.82) is 5.26 Å². The highest BCUT2D eigenvalue weighted by Crippen LogP contribution is 2.29. The molecule has 0 atom stereocenters. The van der Waals surface area contributed by atoms with Crippen molar-refractivity contribution in [3.05, 3.63) is 23.3 Å². The minimum Gasteiger partial charge on any atom is -0.354 e. The SMILES string of the molecule is Cc1ncc2[nH]c(C(C)(C)C)c(C#N)c2n1. The van der Waals surface area contributed by atoms with E-state index in [0.29, 0.717) is 11.4 Å². The van der Waals surface area contributed by atoms with E-state index in [9.17, 15) is 5.26 Å². The number of hydrogen-bond donors (Lipinski definition) is 1. The van der Waals surface area contributed by atoms with E-state index >= 15 is 0 Å². The maximum absolute atomic E-state index is 9.23. The van der Waals surface area contributed by atoms with Gasteiger partial charge in [0.15, 0.2) is 0 Å². The quantitative estimate of drug-likeness (QED) is 0.732.